The minimum absolute atomic E-state index is 0. The van der Waals surface area contributed by atoms with Gasteiger partial charge in [0.25, 0.3) is 0 Å². The molecule has 0 heterocycles. The van der Waals surface area contributed by atoms with Crippen molar-refractivity contribution in [2.24, 2.45) is 0 Å². The Morgan fingerprint density at radius 1 is 0.667 bits per heavy atom. The Morgan fingerprint density at radius 2 is 1.08 bits per heavy atom. The van der Waals surface area contributed by atoms with Crippen LogP contribution in [0.3, 0.4) is 0 Å². The first-order chi connectivity index (χ1) is 17.8. The summed E-state index contributed by atoms with van der Waals surface area (Å²) in [6, 6.07) is 27.3. The molecule has 204 valence electrons. The maximum atomic E-state index is 11.9. The first-order valence-electron chi connectivity index (χ1n) is 11.4. The van der Waals surface area contributed by atoms with Crippen molar-refractivity contribution < 1.29 is 62.8 Å². The summed E-state index contributed by atoms with van der Waals surface area (Å²) in [4.78, 5) is 0. The number of rotatable bonds is 0. The van der Waals surface area contributed by atoms with Crippen molar-refractivity contribution in [1.29, 1.82) is 0 Å². The Balaban J connectivity index is 0.000000265. The van der Waals surface area contributed by atoms with Crippen LogP contribution in [-0.4, -0.2) is 10.2 Å². The standard InChI is InChI=1S/C11H11.2C7H5F3O.C5H5.Zr/c1-8-7-9(2)11-6-4-3-5-10(8)11;2*8-7(9,10)5-3-1-2-4-6(5)11;1-2-4-5-3-1;/h3-6,8H,1-2H3;2*1-4,11H;1-5H;/q-1;;;-1;+2. The van der Waals surface area contributed by atoms with Crippen LogP contribution >= 0.6 is 0 Å². The van der Waals surface area contributed by atoms with E-state index >= 15 is 0 Å². The summed E-state index contributed by atoms with van der Waals surface area (Å²) in [7, 11) is 0. The summed E-state index contributed by atoms with van der Waals surface area (Å²) in [5.41, 5.74) is 2.10. The molecule has 0 radical (unpaired) electrons. The van der Waals surface area contributed by atoms with Crippen LogP contribution in [0.1, 0.15) is 42.0 Å². The van der Waals surface area contributed by atoms with Crippen molar-refractivity contribution in [3.05, 3.63) is 131 Å². The van der Waals surface area contributed by atoms with E-state index in [1.54, 1.807) is 0 Å². The smallest absolute Gasteiger partial charge is 0.507 e. The van der Waals surface area contributed by atoms with Gasteiger partial charge in [-0.1, -0.05) is 62.2 Å². The van der Waals surface area contributed by atoms with Gasteiger partial charge >= 0.3 is 38.6 Å². The van der Waals surface area contributed by atoms with E-state index in [0.29, 0.717) is 5.92 Å². The number of phenols is 2. The number of halogens is 6. The molecule has 2 nitrogen and oxygen atoms in total. The average molecular weight is 624 g/mol. The van der Waals surface area contributed by atoms with E-state index in [-0.39, 0.29) is 26.2 Å². The molecule has 1 aliphatic carbocycles. The van der Waals surface area contributed by atoms with Crippen molar-refractivity contribution >= 4 is 5.57 Å². The van der Waals surface area contributed by atoms with E-state index < -0.39 is 35.0 Å². The summed E-state index contributed by atoms with van der Waals surface area (Å²) in [5, 5.41) is 17.5. The molecule has 0 saturated carbocycles. The largest absolute Gasteiger partial charge is 2.00 e. The number of hydrogen-bond acceptors (Lipinski definition) is 2. The van der Waals surface area contributed by atoms with E-state index in [1.165, 1.54) is 41.0 Å². The van der Waals surface area contributed by atoms with Gasteiger partial charge < -0.3 is 10.2 Å². The van der Waals surface area contributed by atoms with Gasteiger partial charge in [0.05, 0.1) is 11.1 Å². The third kappa shape index (κ3) is 10.8. The number of benzene rings is 3. The van der Waals surface area contributed by atoms with Crippen LogP contribution in [0.4, 0.5) is 26.3 Å². The van der Waals surface area contributed by atoms with Gasteiger partial charge in [0.15, 0.2) is 0 Å². The Hall–Kier alpha value is -3.19. The Morgan fingerprint density at radius 3 is 1.41 bits per heavy atom. The number of para-hydroxylation sites is 2. The number of phenolic OH excluding ortho intramolecular Hbond substituents is 2. The molecule has 0 aliphatic heterocycles. The molecule has 9 heteroatoms. The molecule has 0 fully saturated rings. The number of aromatic hydroxyl groups is 2. The fraction of sp³-hybridized carbons (Fsp3) is 0.167. The van der Waals surface area contributed by atoms with Gasteiger partial charge in [-0.15, -0.1) is 11.6 Å². The van der Waals surface area contributed by atoms with E-state index in [1.807, 2.05) is 30.3 Å². The molecule has 1 aliphatic rings. The van der Waals surface area contributed by atoms with Gasteiger partial charge in [0.2, 0.25) is 0 Å². The molecular formula is C30H26F6O2Zr. The average Bonchev–Trinajstić information content (AvgIpc) is 3.52. The summed E-state index contributed by atoms with van der Waals surface area (Å²) in [5.74, 6) is -0.980. The molecule has 0 saturated heterocycles. The number of allylic oxidation sites excluding steroid dienone is 2. The molecule has 0 aromatic heterocycles. The third-order valence-electron chi connectivity index (χ3n) is 5.24. The van der Waals surface area contributed by atoms with Gasteiger partial charge in [0.1, 0.15) is 11.5 Å². The summed E-state index contributed by atoms with van der Waals surface area (Å²) in [6.45, 7) is 4.32. The first-order valence-corrected chi connectivity index (χ1v) is 11.4. The van der Waals surface area contributed by atoms with E-state index in [0.717, 1.165) is 24.3 Å². The van der Waals surface area contributed by atoms with Crippen LogP contribution in [0.25, 0.3) is 5.57 Å². The maximum absolute atomic E-state index is 11.9. The van der Waals surface area contributed by atoms with Gasteiger partial charge in [0, 0.05) is 0 Å². The van der Waals surface area contributed by atoms with Crippen molar-refractivity contribution in [2.75, 3.05) is 0 Å². The molecule has 5 rings (SSSR count). The topological polar surface area (TPSA) is 40.5 Å². The van der Waals surface area contributed by atoms with Crippen LogP contribution < -0.4 is 0 Å². The fourth-order valence-electron chi connectivity index (χ4n) is 3.44. The van der Waals surface area contributed by atoms with Crippen LogP contribution in [0.2, 0.25) is 0 Å². The Labute approximate surface area is 242 Å². The Bertz CT molecular complexity index is 1220. The summed E-state index contributed by atoms with van der Waals surface area (Å²) < 4.78 is 71.3. The maximum Gasteiger partial charge on any atom is 2.00 e. The molecule has 1 unspecified atom stereocenters. The van der Waals surface area contributed by atoms with Gasteiger partial charge in [-0.25, -0.2) is 17.7 Å². The molecule has 0 amide bonds. The predicted octanol–water partition coefficient (Wildman–Crippen LogP) is 9.24. The van der Waals surface area contributed by atoms with Crippen molar-refractivity contribution in [2.45, 2.75) is 32.1 Å². The molecule has 0 bridgehead atoms. The second-order valence-corrected chi connectivity index (χ2v) is 8.07. The second-order valence-electron chi connectivity index (χ2n) is 8.07. The monoisotopic (exact) mass is 622 g/mol. The van der Waals surface area contributed by atoms with Crippen molar-refractivity contribution in [3.8, 4) is 11.5 Å². The van der Waals surface area contributed by atoms with Crippen LogP contribution in [-0.2, 0) is 38.6 Å². The molecule has 0 spiro atoms. The molecular weight excluding hydrogens is 598 g/mol. The second kappa shape index (κ2) is 15.4. The zero-order valence-corrected chi connectivity index (χ0v) is 23.5. The molecule has 39 heavy (non-hydrogen) atoms. The minimum atomic E-state index is -4.47. The van der Waals surface area contributed by atoms with E-state index in [9.17, 15) is 26.3 Å². The number of hydrogen-bond donors (Lipinski definition) is 2. The normalized spacial score (nSPS) is 13.5. The number of fused-ring (bicyclic) bond motifs is 1. The third-order valence-corrected chi connectivity index (χ3v) is 5.24. The van der Waals surface area contributed by atoms with Gasteiger partial charge in [-0.3, -0.25) is 6.08 Å². The van der Waals surface area contributed by atoms with Crippen LogP contribution in [0.15, 0.2) is 103 Å². The zero-order valence-electron chi connectivity index (χ0n) is 21.1. The SMILES string of the molecule is CC1=[C-]C(C)c2ccccc21.Oc1ccccc1C(F)(F)F.Oc1ccccc1C(F)(F)F.[Zr+2].c1cc[cH-]c1. The molecule has 1 atom stereocenters. The summed E-state index contributed by atoms with van der Waals surface area (Å²) in [6.07, 6.45) is -5.54. The Kier molecular flexibility index (Phi) is 13.4. The summed E-state index contributed by atoms with van der Waals surface area (Å²) >= 11 is 0. The number of alkyl halides is 6. The quantitative estimate of drug-likeness (QED) is 0.151. The van der Waals surface area contributed by atoms with Crippen molar-refractivity contribution in [3.63, 3.8) is 0 Å². The minimum Gasteiger partial charge on any atom is -0.507 e. The van der Waals surface area contributed by atoms with Gasteiger partial charge in [-0.05, 0) is 24.3 Å². The van der Waals surface area contributed by atoms with Crippen LogP contribution in [0, 0.1) is 6.08 Å². The predicted molar refractivity (Wildman–Crippen MR) is 135 cm³/mol. The van der Waals surface area contributed by atoms with E-state index in [2.05, 4.69) is 44.2 Å². The zero-order chi connectivity index (χ0) is 28.3. The van der Waals surface area contributed by atoms with Crippen LogP contribution in [0.5, 0.6) is 11.5 Å². The molecule has 2 N–H and O–H groups in total. The first kappa shape index (κ1) is 33.8. The fourth-order valence-corrected chi connectivity index (χ4v) is 3.44. The van der Waals surface area contributed by atoms with E-state index in [4.69, 9.17) is 10.2 Å². The molecule has 4 aromatic carbocycles. The molecule has 4 aromatic rings. The van der Waals surface area contributed by atoms with Crippen molar-refractivity contribution in [1.82, 2.24) is 0 Å². The van der Waals surface area contributed by atoms with Gasteiger partial charge in [-0.2, -0.15) is 50.1 Å².